The van der Waals surface area contributed by atoms with E-state index in [1.54, 1.807) is 0 Å². The van der Waals surface area contributed by atoms with Crippen molar-refractivity contribution in [3.05, 3.63) is 23.5 Å². The summed E-state index contributed by atoms with van der Waals surface area (Å²) in [5.41, 5.74) is 11.5. The van der Waals surface area contributed by atoms with E-state index < -0.39 is 11.7 Å². The number of amides is 1. The fourth-order valence-electron chi connectivity index (χ4n) is 2.10. The molecular weight excluding hydrogens is 253 g/mol. The van der Waals surface area contributed by atoms with Gasteiger partial charge in [-0.3, -0.25) is 4.79 Å². The number of carbonyl (C=O) groups is 1. The first-order valence-corrected chi connectivity index (χ1v) is 6.89. The Kier molecular flexibility index (Phi) is 3.65. The number of rotatable bonds is 2. The van der Waals surface area contributed by atoms with Crippen LogP contribution < -0.4 is 16.4 Å². The fraction of sp³-hybridized carbons (Fsp3) is 0.417. The summed E-state index contributed by atoms with van der Waals surface area (Å²) < 4.78 is 14.0. The number of carbonyl (C=O) groups excluding carboxylic acids is 1. The maximum Gasteiger partial charge on any atom is 0.250 e. The number of primary amides is 1. The maximum atomic E-state index is 14.0. The molecule has 6 heteroatoms. The normalized spacial score (nSPS) is 19.9. The molecule has 0 radical (unpaired) electrons. The number of thioether (sulfide) groups is 1. The molecule has 0 bridgehead atoms. The van der Waals surface area contributed by atoms with E-state index in [1.807, 2.05) is 23.6 Å². The molecule has 1 saturated heterocycles. The molecule has 18 heavy (non-hydrogen) atoms. The van der Waals surface area contributed by atoms with E-state index in [1.165, 1.54) is 12.1 Å². The monoisotopic (exact) mass is 269 g/mol. The van der Waals surface area contributed by atoms with Crippen LogP contribution in [0.15, 0.2) is 12.1 Å². The van der Waals surface area contributed by atoms with E-state index in [-0.39, 0.29) is 17.3 Å². The number of nitrogen functional groups attached to an aromatic ring is 1. The summed E-state index contributed by atoms with van der Waals surface area (Å²) in [7, 11) is 0. The van der Waals surface area contributed by atoms with Crippen molar-refractivity contribution in [3.63, 3.8) is 0 Å². The predicted octanol–water partition coefficient (Wildman–Crippen LogP) is 1.45. The van der Waals surface area contributed by atoms with E-state index in [0.29, 0.717) is 5.69 Å². The first kappa shape index (κ1) is 13.0. The van der Waals surface area contributed by atoms with Crippen LogP contribution in [0.25, 0.3) is 0 Å². The van der Waals surface area contributed by atoms with Crippen LogP contribution in [0.3, 0.4) is 0 Å². The van der Waals surface area contributed by atoms with Crippen molar-refractivity contribution in [3.8, 4) is 0 Å². The highest BCUT2D eigenvalue weighted by molar-refractivity contribution is 7.99. The number of halogens is 1. The lowest BCUT2D eigenvalue weighted by atomic mass is 10.1. The molecule has 1 aliphatic rings. The van der Waals surface area contributed by atoms with Crippen LogP contribution in [0.4, 0.5) is 15.8 Å². The maximum absolute atomic E-state index is 14.0. The quantitative estimate of drug-likeness (QED) is 0.797. The van der Waals surface area contributed by atoms with Gasteiger partial charge in [-0.15, -0.1) is 0 Å². The Morgan fingerprint density at radius 2 is 2.28 bits per heavy atom. The molecule has 2 rings (SSSR count). The molecule has 0 aromatic heterocycles. The van der Waals surface area contributed by atoms with E-state index in [0.717, 1.165) is 18.1 Å². The van der Waals surface area contributed by atoms with Gasteiger partial charge in [-0.1, -0.05) is 0 Å². The second-order valence-electron chi connectivity index (χ2n) is 4.37. The number of hydrogen-bond donors (Lipinski definition) is 2. The lowest BCUT2D eigenvalue weighted by molar-refractivity contribution is 0.100. The van der Waals surface area contributed by atoms with Crippen LogP contribution >= 0.6 is 11.8 Å². The number of benzene rings is 1. The van der Waals surface area contributed by atoms with Crippen LogP contribution in [-0.2, 0) is 0 Å². The Bertz CT molecular complexity index is 481. The van der Waals surface area contributed by atoms with E-state index >= 15 is 0 Å². The van der Waals surface area contributed by atoms with Gasteiger partial charge in [-0.05, 0) is 19.1 Å². The van der Waals surface area contributed by atoms with Gasteiger partial charge in [0.05, 0.1) is 11.3 Å². The highest BCUT2D eigenvalue weighted by Gasteiger charge is 2.23. The average Bonchev–Trinajstić information content (AvgIpc) is 2.30. The molecule has 0 saturated carbocycles. The van der Waals surface area contributed by atoms with Gasteiger partial charge in [0.2, 0.25) is 0 Å². The molecule has 1 aromatic rings. The van der Waals surface area contributed by atoms with Crippen molar-refractivity contribution in [2.75, 3.05) is 28.7 Å². The zero-order chi connectivity index (χ0) is 13.3. The predicted molar refractivity (Wildman–Crippen MR) is 73.5 cm³/mol. The molecule has 1 aromatic carbocycles. The Morgan fingerprint density at radius 3 is 2.89 bits per heavy atom. The zero-order valence-corrected chi connectivity index (χ0v) is 11.0. The van der Waals surface area contributed by atoms with Gasteiger partial charge in [-0.25, -0.2) is 4.39 Å². The summed E-state index contributed by atoms with van der Waals surface area (Å²) in [4.78, 5) is 13.2. The van der Waals surface area contributed by atoms with Gasteiger partial charge < -0.3 is 16.4 Å². The highest BCUT2D eigenvalue weighted by atomic mass is 32.2. The van der Waals surface area contributed by atoms with Crippen molar-refractivity contribution >= 4 is 29.0 Å². The van der Waals surface area contributed by atoms with E-state index in [4.69, 9.17) is 11.5 Å². The van der Waals surface area contributed by atoms with Crippen LogP contribution in [0.1, 0.15) is 17.3 Å². The second-order valence-corrected chi connectivity index (χ2v) is 5.52. The molecule has 0 spiro atoms. The van der Waals surface area contributed by atoms with E-state index in [9.17, 15) is 9.18 Å². The second kappa shape index (κ2) is 5.06. The Morgan fingerprint density at radius 1 is 1.56 bits per heavy atom. The summed E-state index contributed by atoms with van der Waals surface area (Å²) in [6.07, 6.45) is 0. The Labute approximate surface area is 110 Å². The minimum absolute atomic E-state index is 0.0859. The first-order valence-electron chi connectivity index (χ1n) is 5.74. The molecule has 1 heterocycles. The zero-order valence-electron chi connectivity index (χ0n) is 10.1. The third-order valence-electron chi connectivity index (χ3n) is 3.06. The molecular formula is C12H16FN3OS. The van der Waals surface area contributed by atoms with Crippen LogP contribution in [0.2, 0.25) is 0 Å². The number of hydrogen-bond acceptors (Lipinski definition) is 4. The van der Waals surface area contributed by atoms with Gasteiger partial charge in [0.15, 0.2) is 0 Å². The molecule has 98 valence electrons. The summed E-state index contributed by atoms with van der Waals surface area (Å²) in [5.74, 6) is 0.847. The van der Waals surface area contributed by atoms with Crippen molar-refractivity contribution in [1.82, 2.24) is 0 Å². The van der Waals surface area contributed by atoms with Gasteiger partial charge in [0.1, 0.15) is 5.82 Å². The summed E-state index contributed by atoms with van der Waals surface area (Å²) >= 11 is 1.84. The summed E-state index contributed by atoms with van der Waals surface area (Å²) in [5, 5.41) is 0. The largest absolute Gasteiger partial charge is 0.398 e. The van der Waals surface area contributed by atoms with Crippen molar-refractivity contribution in [2.45, 2.75) is 13.0 Å². The Balaban J connectivity index is 2.43. The topological polar surface area (TPSA) is 72.3 Å². The summed E-state index contributed by atoms with van der Waals surface area (Å²) in [6.45, 7) is 2.79. The van der Waals surface area contributed by atoms with E-state index in [2.05, 4.69) is 0 Å². The van der Waals surface area contributed by atoms with Crippen LogP contribution in [-0.4, -0.2) is 30.0 Å². The van der Waals surface area contributed by atoms with Crippen molar-refractivity contribution in [2.24, 2.45) is 5.73 Å². The van der Waals surface area contributed by atoms with Crippen LogP contribution in [0.5, 0.6) is 0 Å². The standard InChI is InChI=1S/C12H16FN3OS/c1-7-6-18-3-2-16(7)11-4-8(12(15)17)10(14)5-9(11)13/h4-5,7H,2-3,6,14H2,1H3,(H2,15,17). The van der Waals surface area contributed by atoms with Crippen LogP contribution in [0, 0.1) is 5.82 Å². The minimum atomic E-state index is -0.632. The van der Waals surface area contributed by atoms with Gasteiger partial charge in [-0.2, -0.15) is 11.8 Å². The molecule has 1 fully saturated rings. The fourth-order valence-corrected chi connectivity index (χ4v) is 3.11. The third-order valence-corrected chi connectivity index (χ3v) is 4.25. The SMILES string of the molecule is CC1CSCCN1c1cc(C(N)=O)c(N)cc1F. The smallest absolute Gasteiger partial charge is 0.250 e. The molecule has 0 aliphatic carbocycles. The average molecular weight is 269 g/mol. The third kappa shape index (κ3) is 2.38. The van der Waals surface area contributed by atoms with Gasteiger partial charge in [0, 0.05) is 29.8 Å². The minimum Gasteiger partial charge on any atom is -0.398 e. The highest BCUT2D eigenvalue weighted by Crippen LogP contribution is 2.29. The van der Waals surface area contributed by atoms with Gasteiger partial charge in [0.25, 0.3) is 5.91 Å². The molecule has 1 atom stereocenters. The summed E-state index contributed by atoms with van der Waals surface area (Å²) in [6, 6.07) is 2.85. The van der Waals surface area contributed by atoms with Gasteiger partial charge >= 0.3 is 0 Å². The molecule has 1 amide bonds. The molecule has 4 nitrogen and oxygen atoms in total. The Hall–Kier alpha value is -1.43. The number of anilines is 2. The number of nitrogens with zero attached hydrogens (tertiary/aromatic N) is 1. The molecule has 1 aliphatic heterocycles. The molecule has 4 N–H and O–H groups in total. The van der Waals surface area contributed by atoms with Crippen molar-refractivity contribution in [1.29, 1.82) is 0 Å². The number of nitrogens with two attached hydrogens (primary N) is 2. The lowest BCUT2D eigenvalue weighted by Crippen LogP contribution is -2.41. The molecule has 1 unspecified atom stereocenters. The lowest BCUT2D eigenvalue weighted by Gasteiger charge is -2.35. The van der Waals surface area contributed by atoms with Crippen molar-refractivity contribution < 1.29 is 9.18 Å². The first-order chi connectivity index (χ1) is 8.50.